The molecule has 3 N–H and O–H groups in total. The zero-order chi connectivity index (χ0) is 23.1. The molecule has 0 saturated carbocycles. The third-order valence-electron chi connectivity index (χ3n) is 4.17. The van der Waals surface area contributed by atoms with Gasteiger partial charge in [-0.15, -0.1) is 0 Å². The van der Waals surface area contributed by atoms with Gasteiger partial charge in [-0.05, 0) is 74.6 Å². The smallest absolute Gasteiger partial charge is 0.261 e. The molecule has 3 rings (SSSR count). The molecule has 0 unspecified atom stereocenters. The van der Waals surface area contributed by atoms with Crippen LogP contribution in [0, 0.1) is 0 Å². The highest BCUT2D eigenvalue weighted by Gasteiger charge is 2.16. The minimum absolute atomic E-state index is 0.0763. The molecule has 0 aliphatic carbocycles. The highest BCUT2D eigenvalue weighted by Crippen LogP contribution is 2.20. The maximum atomic E-state index is 12.6. The summed E-state index contributed by atoms with van der Waals surface area (Å²) >= 11 is 5.22. The molecule has 1 amide bonds. The van der Waals surface area contributed by atoms with Gasteiger partial charge in [-0.2, -0.15) is 0 Å². The molecule has 9 heteroatoms. The highest BCUT2D eigenvalue weighted by atomic mass is 32.2. The van der Waals surface area contributed by atoms with Gasteiger partial charge >= 0.3 is 0 Å². The van der Waals surface area contributed by atoms with Gasteiger partial charge in [0.2, 0.25) is 0 Å². The number of rotatable bonds is 7. The number of carbonyl (C=O) groups excluding carboxylic acids is 1. The fourth-order valence-electron chi connectivity index (χ4n) is 2.78. The van der Waals surface area contributed by atoms with Crippen LogP contribution in [0.3, 0.4) is 0 Å². The molecule has 0 aliphatic heterocycles. The van der Waals surface area contributed by atoms with Crippen LogP contribution < -0.4 is 20.1 Å². The Morgan fingerprint density at radius 3 is 2.16 bits per heavy atom. The van der Waals surface area contributed by atoms with Crippen molar-refractivity contribution < 1.29 is 17.9 Å². The number of para-hydroxylation sites is 2. The van der Waals surface area contributed by atoms with Gasteiger partial charge in [0.1, 0.15) is 5.75 Å². The molecule has 7 nitrogen and oxygen atoms in total. The summed E-state index contributed by atoms with van der Waals surface area (Å²) < 4.78 is 33.2. The summed E-state index contributed by atoms with van der Waals surface area (Å²) in [6.07, 6.45) is -0.0831. The Hall–Kier alpha value is -3.43. The van der Waals surface area contributed by atoms with Crippen molar-refractivity contribution in [3.63, 3.8) is 0 Å². The third kappa shape index (κ3) is 6.29. The predicted molar refractivity (Wildman–Crippen MR) is 130 cm³/mol. The van der Waals surface area contributed by atoms with Gasteiger partial charge in [0.25, 0.3) is 15.9 Å². The lowest BCUT2D eigenvalue weighted by Crippen LogP contribution is -2.34. The molecular weight excluding hydrogens is 446 g/mol. The zero-order valence-electron chi connectivity index (χ0n) is 17.5. The normalized spacial score (nSPS) is 11.0. The molecule has 0 fully saturated rings. The SMILES string of the molecule is CC(C)Oc1ccccc1C(=O)NC(=S)Nc1ccc(S(=O)(=O)Nc2ccccc2)cc1. The van der Waals surface area contributed by atoms with Gasteiger partial charge < -0.3 is 10.1 Å². The first-order chi connectivity index (χ1) is 15.2. The molecule has 0 bridgehead atoms. The largest absolute Gasteiger partial charge is 0.490 e. The Kier molecular flexibility index (Phi) is 7.45. The lowest BCUT2D eigenvalue weighted by molar-refractivity contribution is 0.0972. The number of ether oxygens (including phenoxy) is 1. The maximum absolute atomic E-state index is 12.6. The van der Waals surface area contributed by atoms with Crippen LogP contribution in [0.1, 0.15) is 24.2 Å². The van der Waals surface area contributed by atoms with Gasteiger partial charge in [0.05, 0.1) is 16.6 Å². The van der Waals surface area contributed by atoms with Crippen molar-refractivity contribution in [1.29, 1.82) is 0 Å². The molecule has 0 saturated heterocycles. The average molecular weight is 470 g/mol. The lowest BCUT2D eigenvalue weighted by Gasteiger charge is -2.15. The fraction of sp³-hybridized carbons (Fsp3) is 0.130. The summed E-state index contributed by atoms with van der Waals surface area (Å²) in [6.45, 7) is 3.75. The summed E-state index contributed by atoms with van der Waals surface area (Å²) in [5.74, 6) is 0.0493. The Labute approximate surface area is 192 Å². The summed E-state index contributed by atoms with van der Waals surface area (Å²) in [5, 5.41) is 5.56. The average Bonchev–Trinajstić information content (AvgIpc) is 2.74. The highest BCUT2D eigenvalue weighted by molar-refractivity contribution is 7.92. The summed E-state index contributed by atoms with van der Waals surface area (Å²) in [6, 6.07) is 21.5. The van der Waals surface area contributed by atoms with Crippen LogP contribution >= 0.6 is 12.2 Å². The van der Waals surface area contributed by atoms with Crippen molar-refractivity contribution in [2.24, 2.45) is 0 Å². The molecule has 166 valence electrons. The molecule has 0 atom stereocenters. The van der Waals surface area contributed by atoms with E-state index in [0.717, 1.165) is 0 Å². The van der Waals surface area contributed by atoms with E-state index >= 15 is 0 Å². The van der Waals surface area contributed by atoms with Crippen LogP contribution in [0.15, 0.2) is 83.8 Å². The van der Waals surface area contributed by atoms with E-state index in [0.29, 0.717) is 22.7 Å². The maximum Gasteiger partial charge on any atom is 0.261 e. The number of anilines is 2. The zero-order valence-corrected chi connectivity index (χ0v) is 19.2. The fourth-order valence-corrected chi connectivity index (χ4v) is 4.05. The van der Waals surface area contributed by atoms with Crippen LogP contribution in [0.5, 0.6) is 5.75 Å². The van der Waals surface area contributed by atoms with Gasteiger partial charge in [-0.3, -0.25) is 14.8 Å². The molecule has 3 aromatic carbocycles. The van der Waals surface area contributed by atoms with Crippen LogP contribution in [0.25, 0.3) is 0 Å². The van der Waals surface area contributed by atoms with Crippen molar-refractivity contribution in [2.75, 3.05) is 10.0 Å². The molecule has 0 heterocycles. The number of nitrogens with one attached hydrogen (secondary N) is 3. The minimum Gasteiger partial charge on any atom is -0.490 e. The minimum atomic E-state index is -3.72. The topological polar surface area (TPSA) is 96.5 Å². The van der Waals surface area contributed by atoms with Crippen LogP contribution in [0.4, 0.5) is 11.4 Å². The Balaban J connectivity index is 1.63. The van der Waals surface area contributed by atoms with E-state index in [2.05, 4.69) is 15.4 Å². The standard InChI is InChI=1S/C23H23N3O4S2/c1-16(2)30-21-11-7-6-10-20(21)22(27)25-23(31)24-17-12-14-19(15-13-17)32(28,29)26-18-8-4-3-5-9-18/h3-16,26H,1-2H3,(H2,24,25,27,31). The molecule has 0 radical (unpaired) electrons. The molecule has 32 heavy (non-hydrogen) atoms. The lowest BCUT2D eigenvalue weighted by atomic mass is 10.2. The van der Waals surface area contributed by atoms with Crippen molar-refractivity contribution in [2.45, 2.75) is 24.8 Å². The van der Waals surface area contributed by atoms with Crippen LogP contribution in [-0.2, 0) is 10.0 Å². The number of hydrogen-bond acceptors (Lipinski definition) is 5. The van der Waals surface area contributed by atoms with E-state index in [9.17, 15) is 13.2 Å². The molecule has 0 spiro atoms. The monoisotopic (exact) mass is 469 g/mol. The second kappa shape index (κ2) is 10.3. The molecular formula is C23H23N3O4S2. The number of hydrogen-bond donors (Lipinski definition) is 3. The summed E-state index contributed by atoms with van der Waals surface area (Å²) in [5.41, 5.74) is 1.36. The number of benzene rings is 3. The van der Waals surface area contributed by atoms with E-state index in [-0.39, 0.29) is 16.1 Å². The van der Waals surface area contributed by atoms with Gasteiger partial charge in [-0.25, -0.2) is 8.42 Å². The van der Waals surface area contributed by atoms with Gasteiger partial charge in [0.15, 0.2) is 5.11 Å². The molecule has 0 aromatic heterocycles. The number of carbonyl (C=O) groups is 1. The predicted octanol–water partition coefficient (Wildman–Crippen LogP) is 4.40. The van der Waals surface area contributed by atoms with Crippen molar-refractivity contribution in [3.8, 4) is 5.75 Å². The number of amides is 1. The number of sulfonamides is 1. The van der Waals surface area contributed by atoms with E-state index in [1.165, 1.54) is 12.1 Å². The van der Waals surface area contributed by atoms with E-state index in [4.69, 9.17) is 17.0 Å². The quantitative estimate of drug-likeness (QED) is 0.444. The second-order valence-electron chi connectivity index (χ2n) is 7.07. The van der Waals surface area contributed by atoms with Crippen LogP contribution in [-0.4, -0.2) is 25.5 Å². The van der Waals surface area contributed by atoms with Crippen molar-refractivity contribution in [3.05, 3.63) is 84.4 Å². The Bertz CT molecular complexity index is 1200. The summed E-state index contributed by atoms with van der Waals surface area (Å²) in [4.78, 5) is 12.7. The van der Waals surface area contributed by atoms with Gasteiger partial charge in [0, 0.05) is 11.4 Å². The number of thiocarbonyl (C=S) groups is 1. The van der Waals surface area contributed by atoms with Crippen LogP contribution in [0.2, 0.25) is 0 Å². The van der Waals surface area contributed by atoms with Crippen molar-refractivity contribution in [1.82, 2.24) is 5.32 Å². The first-order valence-electron chi connectivity index (χ1n) is 9.80. The Morgan fingerprint density at radius 2 is 1.50 bits per heavy atom. The first-order valence-corrected chi connectivity index (χ1v) is 11.7. The summed E-state index contributed by atoms with van der Waals surface area (Å²) in [7, 11) is -3.72. The molecule has 0 aliphatic rings. The van der Waals surface area contributed by atoms with Crippen molar-refractivity contribution >= 4 is 44.6 Å². The van der Waals surface area contributed by atoms with Gasteiger partial charge in [-0.1, -0.05) is 30.3 Å². The second-order valence-corrected chi connectivity index (χ2v) is 9.16. The Morgan fingerprint density at radius 1 is 0.875 bits per heavy atom. The van der Waals surface area contributed by atoms with E-state index in [1.807, 2.05) is 13.8 Å². The molecule has 3 aromatic rings. The van der Waals surface area contributed by atoms with E-state index < -0.39 is 15.9 Å². The first kappa shape index (κ1) is 23.2. The third-order valence-corrected chi connectivity index (χ3v) is 5.77. The van der Waals surface area contributed by atoms with E-state index in [1.54, 1.807) is 66.7 Å².